The van der Waals surface area contributed by atoms with Crippen LogP contribution in [0.2, 0.25) is 0 Å². The molecule has 2 N–H and O–H groups in total. The Morgan fingerprint density at radius 1 is 1.17 bits per heavy atom. The summed E-state index contributed by atoms with van der Waals surface area (Å²) in [6.07, 6.45) is 1.01. The van der Waals surface area contributed by atoms with Gasteiger partial charge < -0.3 is 10.6 Å². The van der Waals surface area contributed by atoms with Crippen molar-refractivity contribution in [3.05, 3.63) is 52.8 Å². The fourth-order valence-corrected chi connectivity index (χ4v) is 2.54. The molecule has 1 aromatic heterocycles. The number of halogens is 1. The van der Waals surface area contributed by atoms with Crippen LogP contribution in [0.3, 0.4) is 0 Å². The van der Waals surface area contributed by atoms with E-state index in [1.165, 1.54) is 16.8 Å². The molecule has 0 saturated carbocycles. The van der Waals surface area contributed by atoms with Crippen LogP contribution in [0.5, 0.6) is 0 Å². The molecule has 132 valence electrons. The van der Waals surface area contributed by atoms with Crippen LogP contribution in [-0.2, 0) is 13.1 Å². The zero-order valence-electron chi connectivity index (χ0n) is 15.0. The highest BCUT2D eigenvalue weighted by atomic mass is 127. The van der Waals surface area contributed by atoms with Gasteiger partial charge in [0, 0.05) is 32.4 Å². The summed E-state index contributed by atoms with van der Waals surface area (Å²) < 4.78 is 2.06. The van der Waals surface area contributed by atoms with Gasteiger partial charge in [0.2, 0.25) is 0 Å². The van der Waals surface area contributed by atoms with E-state index in [1.807, 2.05) is 6.92 Å². The minimum absolute atomic E-state index is 0. The molecule has 0 saturated heterocycles. The van der Waals surface area contributed by atoms with Crippen molar-refractivity contribution >= 4 is 29.9 Å². The number of aliphatic imine (C=N–C) groups is 1. The Balaban J connectivity index is 0.00000288. The molecule has 0 fully saturated rings. The highest BCUT2D eigenvalue weighted by Gasteiger charge is 2.02. The van der Waals surface area contributed by atoms with E-state index in [-0.39, 0.29) is 24.0 Å². The zero-order valence-corrected chi connectivity index (χ0v) is 17.3. The van der Waals surface area contributed by atoms with Crippen LogP contribution < -0.4 is 10.6 Å². The number of guanidine groups is 1. The van der Waals surface area contributed by atoms with Crippen molar-refractivity contribution in [1.29, 1.82) is 0 Å². The van der Waals surface area contributed by atoms with Gasteiger partial charge in [0.25, 0.3) is 0 Å². The molecule has 2 rings (SSSR count). The van der Waals surface area contributed by atoms with Gasteiger partial charge in [-0.25, -0.2) is 0 Å². The minimum Gasteiger partial charge on any atom is -0.356 e. The van der Waals surface area contributed by atoms with Gasteiger partial charge in [0.1, 0.15) is 0 Å². The number of hydrogen-bond donors (Lipinski definition) is 2. The van der Waals surface area contributed by atoms with E-state index in [2.05, 4.69) is 69.6 Å². The largest absolute Gasteiger partial charge is 0.356 e. The molecule has 0 aliphatic carbocycles. The molecule has 0 atom stereocenters. The van der Waals surface area contributed by atoms with E-state index < -0.39 is 0 Å². The Hall–Kier alpha value is -1.57. The molecule has 0 aliphatic rings. The fraction of sp³-hybridized carbons (Fsp3) is 0.444. The second kappa shape index (κ2) is 10.3. The van der Waals surface area contributed by atoms with Crippen LogP contribution in [-0.4, -0.2) is 29.3 Å². The van der Waals surface area contributed by atoms with Gasteiger partial charge in [0.15, 0.2) is 5.96 Å². The topological polar surface area (TPSA) is 54.2 Å². The van der Waals surface area contributed by atoms with E-state index in [0.717, 1.165) is 37.7 Å². The highest BCUT2D eigenvalue weighted by Crippen LogP contribution is 2.06. The van der Waals surface area contributed by atoms with E-state index in [9.17, 15) is 0 Å². The quantitative estimate of drug-likeness (QED) is 0.314. The van der Waals surface area contributed by atoms with Crippen molar-refractivity contribution < 1.29 is 0 Å². The van der Waals surface area contributed by atoms with Gasteiger partial charge >= 0.3 is 0 Å². The maximum atomic E-state index is 4.48. The second-order valence-electron chi connectivity index (χ2n) is 5.78. The summed E-state index contributed by atoms with van der Waals surface area (Å²) in [5, 5.41) is 11.2. The highest BCUT2D eigenvalue weighted by molar-refractivity contribution is 14.0. The fourth-order valence-electron chi connectivity index (χ4n) is 2.54. The minimum atomic E-state index is 0. The molecule has 0 bridgehead atoms. The first-order chi connectivity index (χ1) is 11.1. The Kier molecular flexibility index (Phi) is 8.81. The van der Waals surface area contributed by atoms with Crippen LogP contribution >= 0.6 is 24.0 Å². The van der Waals surface area contributed by atoms with Crippen molar-refractivity contribution in [3.63, 3.8) is 0 Å². The first-order valence-corrected chi connectivity index (χ1v) is 8.10. The zero-order chi connectivity index (χ0) is 16.7. The van der Waals surface area contributed by atoms with Gasteiger partial charge in [-0.05, 0) is 44.4 Å². The van der Waals surface area contributed by atoms with Gasteiger partial charge in [-0.15, -0.1) is 24.0 Å². The summed E-state index contributed by atoms with van der Waals surface area (Å²) in [4.78, 5) is 4.27. The lowest BCUT2D eigenvalue weighted by molar-refractivity contribution is 0.555. The number of hydrogen-bond acceptors (Lipinski definition) is 2. The normalized spacial score (nSPS) is 11.1. The Morgan fingerprint density at radius 3 is 2.54 bits per heavy atom. The van der Waals surface area contributed by atoms with Crippen molar-refractivity contribution in [3.8, 4) is 0 Å². The van der Waals surface area contributed by atoms with Crippen LogP contribution in [0, 0.1) is 20.8 Å². The molecule has 2 aromatic rings. The summed E-state index contributed by atoms with van der Waals surface area (Å²) in [7, 11) is 1.80. The van der Waals surface area contributed by atoms with E-state index in [4.69, 9.17) is 0 Å². The molecule has 0 radical (unpaired) electrons. The lowest BCUT2D eigenvalue weighted by Gasteiger charge is -2.13. The van der Waals surface area contributed by atoms with Gasteiger partial charge in [-0.3, -0.25) is 9.67 Å². The second-order valence-corrected chi connectivity index (χ2v) is 5.78. The molecule has 1 heterocycles. The molecule has 5 nitrogen and oxygen atoms in total. The monoisotopic (exact) mass is 441 g/mol. The third-order valence-electron chi connectivity index (χ3n) is 3.87. The molecular formula is C18H28IN5. The predicted octanol–water partition coefficient (Wildman–Crippen LogP) is 3.18. The number of benzene rings is 1. The lowest BCUT2D eigenvalue weighted by atomic mass is 10.1. The third-order valence-corrected chi connectivity index (χ3v) is 3.87. The van der Waals surface area contributed by atoms with Crippen LogP contribution in [0.15, 0.2) is 35.3 Å². The van der Waals surface area contributed by atoms with E-state index in [1.54, 1.807) is 7.05 Å². The summed E-state index contributed by atoms with van der Waals surface area (Å²) in [6, 6.07) is 10.5. The van der Waals surface area contributed by atoms with Crippen molar-refractivity contribution in [2.75, 3.05) is 13.6 Å². The molecular weight excluding hydrogens is 413 g/mol. The lowest BCUT2D eigenvalue weighted by Crippen LogP contribution is -2.37. The number of nitrogens with zero attached hydrogens (tertiary/aromatic N) is 3. The maximum Gasteiger partial charge on any atom is 0.191 e. The van der Waals surface area contributed by atoms with Crippen LogP contribution in [0.25, 0.3) is 0 Å². The van der Waals surface area contributed by atoms with Crippen molar-refractivity contribution in [1.82, 2.24) is 20.4 Å². The summed E-state index contributed by atoms with van der Waals surface area (Å²) >= 11 is 0. The van der Waals surface area contributed by atoms with Crippen molar-refractivity contribution in [2.45, 2.75) is 40.3 Å². The molecule has 1 aromatic carbocycles. The average molecular weight is 441 g/mol. The Morgan fingerprint density at radius 2 is 1.92 bits per heavy atom. The first kappa shape index (κ1) is 20.5. The number of aromatic nitrogens is 2. The van der Waals surface area contributed by atoms with Gasteiger partial charge in [-0.2, -0.15) is 5.10 Å². The maximum absolute atomic E-state index is 4.48. The number of nitrogens with one attached hydrogen (secondary N) is 2. The summed E-state index contributed by atoms with van der Waals surface area (Å²) in [5.74, 6) is 0.835. The Bertz CT molecular complexity index is 663. The third kappa shape index (κ3) is 6.14. The molecule has 0 aliphatic heterocycles. The average Bonchev–Trinajstić information content (AvgIpc) is 2.86. The van der Waals surface area contributed by atoms with Crippen molar-refractivity contribution in [2.24, 2.45) is 4.99 Å². The standard InChI is InChI=1S/C18H27N5.HI/c1-14-8-5-6-9-17(14)13-21-18(19-4)20-10-7-11-23-16(3)12-15(2)22-23;/h5-6,8-9,12H,7,10-11,13H2,1-4H3,(H2,19,20,21);1H. The molecule has 0 spiro atoms. The SMILES string of the molecule is CN=C(NCCCn1nc(C)cc1C)NCc1ccccc1C.I. The van der Waals surface area contributed by atoms with E-state index in [0.29, 0.717) is 0 Å². The number of aryl methyl sites for hydroxylation is 4. The molecule has 0 unspecified atom stereocenters. The van der Waals surface area contributed by atoms with Gasteiger partial charge in [-0.1, -0.05) is 24.3 Å². The summed E-state index contributed by atoms with van der Waals surface area (Å²) in [5.41, 5.74) is 4.87. The van der Waals surface area contributed by atoms with Gasteiger partial charge in [0.05, 0.1) is 5.69 Å². The van der Waals surface area contributed by atoms with E-state index >= 15 is 0 Å². The smallest absolute Gasteiger partial charge is 0.191 e. The molecule has 0 amide bonds. The van der Waals surface area contributed by atoms with Crippen LogP contribution in [0.1, 0.15) is 28.9 Å². The summed E-state index contributed by atoms with van der Waals surface area (Å²) in [6.45, 7) is 8.81. The Labute approximate surface area is 162 Å². The first-order valence-electron chi connectivity index (χ1n) is 8.10. The molecule has 24 heavy (non-hydrogen) atoms. The van der Waals surface area contributed by atoms with Crippen LogP contribution in [0.4, 0.5) is 0 Å². The molecule has 6 heteroatoms. The number of rotatable bonds is 6. The predicted molar refractivity (Wildman–Crippen MR) is 111 cm³/mol.